The van der Waals surface area contributed by atoms with Gasteiger partial charge in [0.2, 0.25) is 11.9 Å². The second kappa shape index (κ2) is 19.7. The Kier molecular flexibility index (Phi) is 13.5. The van der Waals surface area contributed by atoms with Crippen molar-refractivity contribution in [1.29, 1.82) is 0 Å². The van der Waals surface area contributed by atoms with Gasteiger partial charge >= 0.3 is 0 Å². The molecule has 0 amide bonds. The van der Waals surface area contributed by atoms with Crippen LogP contribution in [-0.4, -0.2) is 112 Å². The Bertz CT molecular complexity index is 3360. The lowest BCUT2D eigenvalue weighted by Crippen LogP contribution is -2.39. The molecule has 69 heavy (non-hydrogen) atoms. The maximum Gasteiger partial charge on any atom is 0.279 e. The Morgan fingerprint density at radius 2 is 1.25 bits per heavy atom. The molecule has 8 aromatic rings. The molecule has 2 saturated heterocycles. The molecular formula is C46H46Cl2F2N14O5. The van der Waals surface area contributed by atoms with Crippen molar-refractivity contribution < 1.29 is 23.0 Å². The third kappa shape index (κ3) is 9.64. The van der Waals surface area contributed by atoms with Gasteiger partial charge in [-0.05, 0) is 50.2 Å². The van der Waals surface area contributed by atoms with E-state index in [0.29, 0.717) is 92.9 Å². The third-order valence-electron chi connectivity index (χ3n) is 12.0. The number of aryl methyl sites for hydroxylation is 3. The van der Waals surface area contributed by atoms with E-state index in [4.69, 9.17) is 47.4 Å². The van der Waals surface area contributed by atoms with Gasteiger partial charge in [0.1, 0.15) is 57.9 Å². The molecule has 0 bridgehead atoms. The maximum absolute atomic E-state index is 15.0. The summed E-state index contributed by atoms with van der Waals surface area (Å²) in [5.41, 5.74) is 3.37. The van der Waals surface area contributed by atoms with Gasteiger partial charge in [-0.15, -0.1) is 0 Å². The summed E-state index contributed by atoms with van der Waals surface area (Å²) >= 11 is 12.3. The van der Waals surface area contributed by atoms with Crippen molar-refractivity contribution in [2.45, 2.75) is 32.6 Å². The van der Waals surface area contributed by atoms with Crippen LogP contribution in [0.2, 0.25) is 10.0 Å². The number of benzene rings is 2. The molecule has 2 fully saturated rings. The van der Waals surface area contributed by atoms with E-state index in [2.05, 4.69) is 30.1 Å². The van der Waals surface area contributed by atoms with Crippen molar-refractivity contribution in [2.75, 3.05) is 62.9 Å². The van der Waals surface area contributed by atoms with E-state index < -0.39 is 11.6 Å². The molecular weight excluding hydrogens is 938 g/mol. The Balaban J connectivity index is 0.000000172. The normalized spacial score (nSPS) is 16.3. The molecule has 0 aliphatic carbocycles. The first-order valence-electron chi connectivity index (χ1n) is 21.8. The number of anilines is 2. The fraction of sp³-hybridized carbons (Fsp3) is 0.348. The summed E-state index contributed by atoms with van der Waals surface area (Å²) in [5.74, 6) is 0.613. The van der Waals surface area contributed by atoms with Crippen molar-refractivity contribution in [2.24, 2.45) is 21.1 Å². The van der Waals surface area contributed by atoms with Gasteiger partial charge in [0.05, 0.1) is 56.9 Å². The molecule has 0 N–H and O–H groups in total. The number of hydrogen-bond donors (Lipinski definition) is 0. The fourth-order valence-corrected chi connectivity index (χ4v) is 8.44. The first-order chi connectivity index (χ1) is 33.2. The zero-order valence-electron chi connectivity index (χ0n) is 38.4. The molecule has 8 heterocycles. The van der Waals surface area contributed by atoms with Gasteiger partial charge < -0.3 is 24.0 Å². The highest BCUT2D eigenvalue weighted by atomic mass is 35.5. The summed E-state index contributed by atoms with van der Waals surface area (Å²) < 4.78 is 52.1. The van der Waals surface area contributed by atoms with Crippen LogP contribution in [0.4, 0.5) is 20.7 Å². The van der Waals surface area contributed by atoms with Crippen LogP contribution in [0.1, 0.15) is 35.0 Å². The molecule has 2 aromatic carbocycles. The van der Waals surface area contributed by atoms with Crippen LogP contribution in [0.5, 0.6) is 0 Å². The minimum atomic E-state index is -0.558. The minimum absolute atomic E-state index is 0.118. The van der Waals surface area contributed by atoms with Gasteiger partial charge in [-0.2, -0.15) is 10.2 Å². The Hall–Kier alpha value is -6.78. The number of morpholine rings is 2. The highest BCUT2D eigenvalue weighted by Gasteiger charge is 2.29. The van der Waals surface area contributed by atoms with Gasteiger partial charge in [-0.1, -0.05) is 23.2 Å². The molecule has 19 nitrogen and oxygen atoms in total. The first kappa shape index (κ1) is 47.3. The number of hydrogen-bond acceptors (Lipinski definition) is 15. The van der Waals surface area contributed by atoms with E-state index in [1.807, 2.05) is 29.2 Å². The Labute approximate surface area is 402 Å². The van der Waals surface area contributed by atoms with E-state index in [-0.39, 0.29) is 61.2 Å². The number of ether oxygens (including phenoxy) is 3. The van der Waals surface area contributed by atoms with Crippen molar-refractivity contribution in [1.82, 2.24) is 58.6 Å². The lowest BCUT2D eigenvalue weighted by Gasteiger charge is -2.32. The summed E-state index contributed by atoms with van der Waals surface area (Å²) in [6, 6.07) is 8.38. The summed E-state index contributed by atoms with van der Waals surface area (Å²) in [4.78, 5) is 57.8. The zero-order chi connectivity index (χ0) is 48.7. The van der Waals surface area contributed by atoms with Gasteiger partial charge in [0.25, 0.3) is 11.1 Å². The predicted octanol–water partition coefficient (Wildman–Crippen LogP) is 5.72. The minimum Gasteiger partial charge on any atom is -0.383 e. The van der Waals surface area contributed by atoms with Crippen LogP contribution in [-0.2, 0) is 41.9 Å². The van der Waals surface area contributed by atoms with Crippen molar-refractivity contribution in [3.8, 4) is 22.5 Å². The highest BCUT2D eigenvalue weighted by Crippen LogP contribution is 2.34. The monoisotopic (exact) mass is 982 g/mol. The number of halogens is 4. The number of rotatable bonds is 9. The Morgan fingerprint density at radius 1 is 0.696 bits per heavy atom. The lowest BCUT2D eigenvalue weighted by atomic mass is 10.1. The number of fused-ring (bicyclic) bond motifs is 2. The van der Waals surface area contributed by atoms with Crippen LogP contribution < -0.4 is 20.9 Å². The standard InChI is InChI=1S/C24H25ClFN7O3.C22H21ClFN7O2/c1-14-28-21-20(17-5-4-16(25)10-18(17)26)29-24(30-22(21)23(34)31(14)2)32-6-9-36-19(13-32)15-11-27-33(12-15)7-8-35-3;1-12-26-19-18(15-5-4-14(24)8-16(15)23)27-22(28-20(19)21(32)30(12)3)31-6-7-33-17(11-31)13-9-25-29(2)10-13/h4-5,10-12,19H,6-9,13H2,1-3H3;4-5,8-10,17H,6-7,11H2,1-3H3. The summed E-state index contributed by atoms with van der Waals surface area (Å²) in [6.45, 7) is 7.45. The van der Waals surface area contributed by atoms with E-state index >= 15 is 0 Å². The van der Waals surface area contributed by atoms with E-state index in [0.717, 1.165) is 11.1 Å². The average Bonchev–Trinajstić information content (AvgIpc) is 4.01. The summed E-state index contributed by atoms with van der Waals surface area (Å²) in [5, 5.41) is 9.03. The predicted molar refractivity (Wildman–Crippen MR) is 255 cm³/mol. The summed E-state index contributed by atoms with van der Waals surface area (Å²) in [6.07, 6.45) is 6.86. The molecule has 0 radical (unpaired) electrons. The van der Waals surface area contributed by atoms with Gasteiger partial charge in [0, 0.05) is 81.0 Å². The molecule has 2 unspecified atom stereocenters. The van der Waals surface area contributed by atoms with Crippen LogP contribution in [0.25, 0.3) is 44.6 Å². The molecule has 2 aliphatic heterocycles. The van der Waals surface area contributed by atoms with Crippen LogP contribution in [0, 0.1) is 25.5 Å². The average molecular weight is 984 g/mol. The number of aromatic nitrogens is 12. The van der Waals surface area contributed by atoms with Crippen LogP contribution >= 0.6 is 23.2 Å². The molecule has 2 atom stereocenters. The smallest absolute Gasteiger partial charge is 0.279 e. The number of methoxy groups -OCH3 is 1. The van der Waals surface area contributed by atoms with Crippen molar-refractivity contribution in [3.05, 3.63) is 126 Å². The molecule has 0 spiro atoms. The zero-order valence-corrected chi connectivity index (χ0v) is 39.9. The third-order valence-corrected chi connectivity index (χ3v) is 12.5. The molecule has 10 rings (SSSR count). The first-order valence-corrected chi connectivity index (χ1v) is 22.6. The second-order valence-corrected chi connectivity index (χ2v) is 17.4. The molecule has 23 heteroatoms. The van der Waals surface area contributed by atoms with E-state index in [1.54, 1.807) is 62.9 Å². The SMILES string of the molecule is COCCn1cc(C2CN(c3nc(-c4ccc(Cl)cc4F)c4nc(C)n(C)c(=O)c4n3)CCO2)cn1.Cc1nc2c(-c3ccc(F)cc3Cl)nc(N3CCOC(c4cnn(C)c4)C3)nc2c(=O)n1C. The van der Waals surface area contributed by atoms with E-state index in [1.165, 1.54) is 39.5 Å². The quantitative estimate of drug-likeness (QED) is 0.171. The van der Waals surface area contributed by atoms with Gasteiger partial charge in [-0.3, -0.25) is 28.1 Å². The fourth-order valence-electron chi connectivity index (χ4n) is 8.03. The molecule has 6 aromatic heterocycles. The van der Waals surface area contributed by atoms with E-state index in [9.17, 15) is 18.4 Å². The molecule has 358 valence electrons. The lowest BCUT2D eigenvalue weighted by molar-refractivity contribution is 0.0391. The topological polar surface area (TPSA) is 191 Å². The summed E-state index contributed by atoms with van der Waals surface area (Å²) in [7, 11) is 6.76. The maximum atomic E-state index is 15.0. The second-order valence-electron chi connectivity index (χ2n) is 16.5. The Morgan fingerprint density at radius 3 is 1.78 bits per heavy atom. The highest BCUT2D eigenvalue weighted by molar-refractivity contribution is 6.33. The van der Waals surface area contributed by atoms with Crippen molar-refractivity contribution >= 4 is 57.2 Å². The largest absolute Gasteiger partial charge is 0.383 e. The van der Waals surface area contributed by atoms with Crippen molar-refractivity contribution in [3.63, 3.8) is 0 Å². The molecule has 0 saturated carbocycles. The van der Waals surface area contributed by atoms with Gasteiger partial charge in [0.15, 0.2) is 11.0 Å². The van der Waals surface area contributed by atoms with Crippen LogP contribution in [0.15, 0.2) is 70.8 Å². The van der Waals surface area contributed by atoms with Crippen LogP contribution in [0.3, 0.4) is 0 Å². The number of nitrogens with zero attached hydrogens (tertiary/aromatic N) is 14. The van der Waals surface area contributed by atoms with Gasteiger partial charge in [-0.25, -0.2) is 38.7 Å². The molecule has 2 aliphatic rings.